The third-order valence-corrected chi connectivity index (χ3v) is 4.60. The van der Waals surface area contributed by atoms with Gasteiger partial charge in [-0.3, -0.25) is 4.68 Å². The van der Waals surface area contributed by atoms with Gasteiger partial charge in [-0.1, -0.05) is 30.3 Å². The van der Waals surface area contributed by atoms with Crippen LogP contribution in [0.1, 0.15) is 41.5 Å². The van der Waals surface area contributed by atoms with Gasteiger partial charge in [-0.05, 0) is 43.7 Å². The van der Waals surface area contributed by atoms with Crippen LogP contribution in [0.15, 0.2) is 67.0 Å². The van der Waals surface area contributed by atoms with E-state index in [-0.39, 0.29) is 11.6 Å². The molecule has 0 atom stereocenters. The topological polar surface area (TPSA) is 134 Å². The Kier molecular flexibility index (Phi) is 7.00. The van der Waals surface area contributed by atoms with Crippen molar-refractivity contribution < 1.29 is 19.8 Å². The summed E-state index contributed by atoms with van der Waals surface area (Å²) in [5, 5.41) is 35.6. The van der Waals surface area contributed by atoms with Gasteiger partial charge in [0.2, 0.25) is 0 Å². The summed E-state index contributed by atoms with van der Waals surface area (Å²) >= 11 is 0. The molecule has 2 aromatic heterocycles. The van der Waals surface area contributed by atoms with Gasteiger partial charge in [0.15, 0.2) is 5.69 Å². The van der Waals surface area contributed by atoms with Gasteiger partial charge in [-0.2, -0.15) is 15.5 Å². The number of hydrogen-bond donors (Lipinski definition) is 2. The fourth-order valence-electron chi connectivity index (χ4n) is 3.05. The van der Waals surface area contributed by atoms with E-state index in [0.717, 1.165) is 22.5 Å². The van der Waals surface area contributed by atoms with Crippen LogP contribution in [-0.2, 0) is 4.79 Å². The van der Waals surface area contributed by atoms with E-state index in [1.54, 1.807) is 16.8 Å². The third-order valence-electron chi connectivity index (χ3n) is 4.60. The third kappa shape index (κ3) is 5.51. The molecule has 33 heavy (non-hydrogen) atoms. The van der Waals surface area contributed by atoms with Crippen LogP contribution in [0.5, 0.6) is 0 Å². The summed E-state index contributed by atoms with van der Waals surface area (Å²) in [5.74, 6) is -1.95. The number of carboxylic acid groups (broad SMARTS) is 2. The molecule has 2 aromatic carbocycles. The van der Waals surface area contributed by atoms with Gasteiger partial charge in [0, 0.05) is 23.7 Å². The summed E-state index contributed by atoms with van der Waals surface area (Å²) in [6, 6.07) is 17.0. The molecule has 9 heteroatoms. The van der Waals surface area contributed by atoms with E-state index in [1.807, 2.05) is 56.3 Å². The second-order valence-electron chi connectivity index (χ2n) is 7.26. The summed E-state index contributed by atoms with van der Waals surface area (Å²) in [4.78, 5) is 21.0. The Morgan fingerprint density at radius 2 is 1.85 bits per heavy atom. The SMILES string of the molecule is CC(C)n1nc(C#N)c2cc(-n3cc(C(=O)O)cn3)ccc21.O=C(O)C=Cc1ccccc1. The molecule has 0 aliphatic heterocycles. The van der Waals surface area contributed by atoms with Gasteiger partial charge in [-0.15, -0.1) is 0 Å². The molecule has 0 bridgehead atoms. The Balaban J connectivity index is 0.000000235. The predicted molar refractivity (Wildman–Crippen MR) is 122 cm³/mol. The highest BCUT2D eigenvalue weighted by molar-refractivity contribution is 5.88. The normalized spacial score (nSPS) is 10.7. The van der Waals surface area contributed by atoms with Gasteiger partial charge in [0.05, 0.1) is 23.0 Å². The maximum absolute atomic E-state index is 10.9. The minimum atomic E-state index is -1.03. The Morgan fingerprint density at radius 3 is 2.42 bits per heavy atom. The molecular formula is C24H21N5O4. The number of nitriles is 1. The van der Waals surface area contributed by atoms with Crippen molar-refractivity contribution in [1.82, 2.24) is 19.6 Å². The van der Waals surface area contributed by atoms with Crippen LogP contribution in [0.25, 0.3) is 22.7 Å². The smallest absolute Gasteiger partial charge is 0.338 e. The van der Waals surface area contributed by atoms with E-state index in [9.17, 15) is 14.9 Å². The molecule has 4 aromatic rings. The Labute approximate surface area is 189 Å². The lowest BCUT2D eigenvalue weighted by Crippen LogP contribution is -2.02. The van der Waals surface area contributed by atoms with Crippen molar-refractivity contribution in [3.63, 3.8) is 0 Å². The Bertz CT molecular complexity index is 1360. The molecule has 2 N–H and O–H groups in total. The minimum absolute atomic E-state index is 0.110. The van der Waals surface area contributed by atoms with Crippen molar-refractivity contribution in [1.29, 1.82) is 5.26 Å². The molecule has 0 aliphatic carbocycles. The Hall–Kier alpha value is -4.71. The van der Waals surface area contributed by atoms with Crippen molar-refractivity contribution >= 4 is 28.9 Å². The molecule has 0 unspecified atom stereocenters. The monoisotopic (exact) mass is 443 g/mol. The first kappa shape index (κ1) is 23.0. The summed E-state index contributed by atoms with van der Waals surface area (Å²) in [5.41, 5.74) is 2.89. The van der Waals surface area contributed by atoms with Crippen LogP contribution < -0.4 is 0 Å². The standard InChI is InChI=1S/C15H13N5O2.C9H8O2/c1-9(2)20-14-4-3-11(5-12(14)13(6-16)18-20)19-8-10(7-17-19)15(21)22;10-9(11)7-6-8-4-2-1-3-5-8/h3-5,7-9H,1-2H3,(H,21,22);1-7H,(H,10,11). The molecule has 0 spiro atoms. The maximum Gasteiger partial charge on any atom is 0.338 e. The number of fused-ring (bicyclic) bond motifs is 1. The lowest BCUT2D eigenvalue weighted by Gasteiger charge is -2.07. The second kappa shape index (κ2) is 10.1. The highest BCUT2D eigenvalue weighted by atomic mass is 16.4. The molecule has 9 nitrogen and oxygen atoms in total. The highest BCUT2D eigenvalue weighted by Crippen LogP contribution is 2.24. The van der Waals surface area contributed by atoms with Crippen molar-refractivity contribution in [2.75, 3.05) is 0 Å². The number of carboxylic acids is 2. The number of rotatable bonds is 5. The minimum Gasteiger partial charge on any atom is -0.478 e. The summed E-state index contributed by atoms with van der Waals surface area (Å²) in [6.45, 7) is 3.99. The van der Waals surface area contributed by atoms with Gasteiger partial charge in [-0.25, -0.2) is 14.3 Å². The first-order valence-corrected chi connectivity index (χ1v) is 9.97. The van der Waals surface area contributed by atoms with Crippen LogP contribution in [0.4, 0.5) is 0 Å². The first-order chi connectivity index (χ1) is 15.8. The summed E-state index contributed by atoms with van der Waals surface area (Å²) in [7, 11) is 0. The highest BCUT2D eigenvalue weighted by Gasteiger charge is 2.14. The number of carbonyl (C=O) groups is 2. The molecule has 0 saturated carbocycles. The van der Waals surface area contributed by atoms with E-state index in [4.69, 9.17) is 10.2 Å². The zero-order valence-corrected chi connectivity index (χ0v) is 18.0. The quantitative estimate of drug-likeness (QED) is 0.442. The van der Waals surface area contributed by atoms with E-state index in [0.29, 0.717) is 11.4 Å². The molecule has 0 fully saturated rings. The van der Waals surface area contributed by atoms with E-state index >= 15 is 0 Å². The maximum atomic E-state index is 10.9. The zero-order chi connectivity index (χ0) is 24.0. The van der Waals surface area contributed by atoms with Crippen molar-refractivity contribution in [2.45, 2.75) is 19.9 Å². The predicted octanol–water partition coefficient (Wildman–Crippen LogP) is 4.16. The van der Waals surface area contributed by atoms with Gasteiger partial charge >= 0.3 is 11.9 Å². The van der Waals surface area contributed by atoms with Crippen LogP contribution in [0, 0.1) is 11.3 Å². The molecular weight excluding hydrogens is 422 g/mol. The summed E-state index contributed by atoms with van der Waals surface area (Å²) in [6.07, 6.45) is 5.40. The molecule has 0 amide bonds. The van der Waals surface area contributed by atoms with Crippen molar-refractivity contribution in [3.05, 3.63) is 83.8 Å². The number of aromatic carboxylic acids is 1. The van der Waals surface area contributed by atoms with E-state index in [2.05, 4.69) is 16.3 Å². The fourth-order valence-corrected chi connectivity index (χ4v) is 3.05. The average Bonchev–Trinajstić information content (AvgIpc) is 3.44. The number of benzene rings is 2. The van der Waals surface area contributed by atoms with Crippen molar-refractivity contribution in [2.24, 2.45) is 0 Å². The zero-order valence-electron chi connectivity index (χ0n) is 18.0. The van der Waals surface area contributed by atoms with Gasteiger partial charge in [0.25, 0.3) is 0 Å². The van der Waals surface area contributed by atoms with Gasteiger partial charge < -0.3 is 10.2 Å². The molecule has 0 saturated heterocycles. The van der Waals surface area contributed by atoms with Gasteiger partial charge in [0.1, 0.15) is 6.07 Å². The number of nitrogens with zero attached hydrogens (tertiary/aromatic N) is 5. The molecule has 0 radical (unpaired) electrons. The van der Waals surface area contributed by atoms with Crippen LogP contribution in [0.3, 0.4) is 0 Å². The van der Waals surface area contributed by atoms with Crippen molar-refractivity contribution in [3.8, 4) is 11.8 Å². The first-order valence-electron chi connectivity index (χ1n) is 9.97. The molecule has 4 rings (SSSR count). The van der Waals surface area contributed by atoms with Crippen LogP contribution in [-0.4, -0.2) is 41.7 Å². The van der Waals surface area contributed by atoms with Crippen LogP contribution >= 0.6 is 0 Å². The molecule has 0 aliphatic rings. The fraction of sp³-hybridized carbons (Fsp3) is 0.125. The second-order valence-corrected chi connectivity index (χ2v) is 7.26. The van der Waals surface area contributed by atoms with Crippen LogP contribution in [0.2, 0.25) is 0 Å². The molecule has 2 heterocycles. The Morgan fingerprint density at radius 1 is 1.12 bits per heavy atom. The largest absolute Gasteiger partial charge is 0.478 e. The average molecular weight is 443 g/mol. The van der Waals surface area contributed by atoms with E-state index < -0.39 is 11.9 Å². The number of hydrogen-bond acceptors (Lipinski definition) is 5. The lowest BCUT2D eigenvalue weighted by atomic mass is 10.2. The lowest BCUT2D eigenvalue weighted by molar-refractivity contribution is -0.131. The van der Waals surface area contributed by atoms with E-state index in [1.165, 1.54) is 17.1 Å². The number of aromatic nitrogens is 4. The number of aliphatic carboxylic acids is 1. The molecule has 166 valence electrons. The summed E-state index contributed by atoms with van der Waals surface area (Å²) < 4.78 is 3.26.